The summed E-state index contributed by atoms with van der Waals surface area (Å²) in [5, 5.41) is 11.2. The lowest BCUT2D eigenvalue weighted by molar-refractivity contribution is -0.553. The van der Waals surface area contributed by atoms with Crippen LogP contribution in [0, 0.1) is 16.2 Å². The molecule has 25 heavy (non-hydrogen) atoms. The molecule has 0 aromatic carbocycles. The van der Waals surface area contributed by atoms with Crippen LogP contribution in [0.4, 0.5) is 18.9 Å². The Balaban J connectivity index is 2.29. The van der Waals surface area contributed by atoms with Crippen molar-refractivity contribution in [2.24, 2.45) is 0 Å². The standard InChI is InChI=1S/C13H11ClF3N5O3/c1-20-9(5-22(25)12(20)14)10(23)19-8-2-7(3-18)11(24)21(4-8)6-13(15,16)17/h2,4,9,12H,5-6H2,1H3/p+1. The van der Waals surface area contributed by atoms with Crippen molar-refractivity contribution >= 4 is 23.2 Å². The van der Waals surface area contributed by atoms with Crippen LogP contribution < -0.4 is 10.9 Å². The smallest absolute Gasteiger partial charge is 0.323 e. The van der Waals surface area contributed by atoms with Gasteiger partial charge in [0.2, 0.25) is 12.5 Å². The molecule has 2 heterocycles. The molecule has 12 heteroatoms. The first-order valence-electron chi connectivity index (χ1n) is 6.85. The van der Waals surface area contributed by atoms with Crippen molar-refractivity contribution in [1.82, 2.24) is 9.47 Å². The van der Waals surface area contributed by atoms with Gasteiger partial charge in [0.15, 0.2) is 6.04 Å². The number of alkyl halides is 4. The van der Waals surface area contributed by atoms with Gasteiger partial charge >= 0.3 is 11.8 Å². The lowest BCUT2D eigenvalue weighted by Gasteiger charge is -2.16. The van der Waals surface area contributed by atoms with E-state index in [4.69, 9.17) is 16.9 Å². The van der Waals surface area contributed by atoms with E-state index in [0.717, 1.165) is 12.3 Å². The molecule has 1 aromatic heterocycles. The summed E-state index contributed by atoms with van der Waals surface area (Å²) in [4.78, 5) is 36.7. The Hall–Kier alpha value is -2.45. The highest BCUT2D eigenvalue weighted by Gasteiger charge is 2.47. The lowest BCUT2D eigenvalue weighted by Crippen LogP contribution is -2.41. The summed E-state index contributed by atoms with van der Waals surface area (Å²) in [6, 6.07) is 1.52. The number of aromatic nitrogens is 1. The van der Waals surface area contributed by atoms with Gasteiger partial charge in [0, 0.05) is 15.9 Å². The number of amides is 1. The van der Waals surface area contributed by atoms with E-state index in [1.54, 1.807) is 0 Å². The lowest BCUT2D eigenvalue weighted by atomic mass is 10.2. The maximum absolute atomic E-state index is 12.5. The predicted octanol–water partition coefficient (Wildman–Crippen LogP) is 0.836. The van der Waals surface area contributed by atoms with E-state index in [9.17, 15) is 27.7 Å². The van der Waals surface area contributed by atoms with Gasteiger partial charge in [-0.1, -0.05) is 0 Å². The van der Waals surface area contributed by atoms with Gasteiger partial charge in [-0.25, -0.2) is 4.90 Å². The molecule has 2 rings (SSSR count). The van der Waals surface area contributed by atoms with E-state index in [0.29, 0.717) is 4.76 Å². The number of nitriles is 1. The third-order valence-corrected chi connectivity index (χ3v) is 4.07. The van der Waals surface area contributed by atoms with E-state index in [-0.39, 0.29) is 16.8 Å². The second-order valence-electron chi connectivity index (χ2n) is 5.38. The van der Waals surface area contributed by atoms with Crippen LogP contribution in [-0.4, -0.2) is 51.6 Å². The quantitative estimate of drug-likeness (QED) is 0.477. The molecular formula is C13H12ClF3N5O3+. The van der Waals surface area contributed by atoms with Crippen LogP contribution in [0.25, 0.3) is 0 Å². The Kier molecular flexibility index (Phi) is 5.15. The number of rotatable bonds is 3. The fraction of sp³-hybridized carbons (Fsp3) is 0.462. The van der Waals surface area contributed by atoms with E-state index >= 15 is 0 Å². The van der Waals surface area contributed by atoms with Gasteiger partial charge in [0.25, 0.3) is 5.56 Å². The number of nitrogens with one attached hydrogen (secondary N) is 1. The Labute approximate surface area is 144 Å². The average molecular weight is 379 g/mol. The zero-order valence-electron chi connectivity index (χ0n) is 12.7. The minimum absolute atomic E-state index is 0.172. The summed E-state index contributed by atoms with van der Waals surface area (Å²) in [7, 11) is 1.44. The number of halogens is 4. The molecule has 1 fully saturated rings. The predicted molar refractivity (Wildman–Crippen MR) is 79.8 cm³/mol. The number of carbonyl (C=O) groups is 1. The fourth-order valence-corrected chi connectivity index (χ4v) is 2.54. The molecule has 1 saturated heterocycles. The number of nitroso groups, excluding NO2 is 1. The van der Waals surface area contributed by atoms with Crippen LogP contribution in [-0.2, 0) is 11.3 Å². The van der Waals surface area contributed by atoms with Crippen molar-refractivity contribution in [3.8, 4) is 6.07 Å². The summed E-state index contributed by atoms with van der Waals surface area (Å²) in [6.45, 7) is -1.84. The van der Waals surface area contributed by atoms with Gasteiger partial charge < -0.3 is 9.88 Å². The Morgan fingerprint density at radius 2 is 2.20 bits per heavy atom. The van der Waals surface area contributed by atoms with Gasteiger partial charge in [-0.3, -0.25) is 9.59 Å². The maximum atomic E-state index is 12.5. The van der Waals surface area contributed by atoms with Crippen molar-refractivity contribution in [1.29, 1.82) is 5.26 Å². The molecule has 8 nitrogen and oxygen atoms in total. The molecule has 1 N–H and O–H groups in total. The third-order valence-electron chi connectivity index (χ3n) is 3.54. The fourth-order valence-electron chi connectivity index (χ4n) is 2.33. The summed E-state index contributed by atoms with van der Waals surface area (Å²) >= 11 is 5.77. The molecular weight excluding hydrogens is 367 g/mol. The monoisotopic (exact) mass is 378 g/mol. The molecule has 1 aliphatic heterocycles. The number of nitrogens with zero attached hydrogens (tertiary/aromatic N) is 4. The molecule has 1 aliphatic rings. The first-order valence-corrected chi connectivity index (χ1v) is 7.29. The second kappa shape index (κ2) is 6.81. The van der Waals surface area contributed by atoms with Gasteiger partial charge in [-0.05, 0) is 24.7 Å². The zero-order valence-corrected chi connectivity index (χ0v) is 13.5. The van der Waals surface area contributed by atoms with E-state index in [1.807, 2.05) is 0 Å². The van der Waals surface area contributed by atoms with Crippen molar-refractivity contribution in [2.75, 3.05) is 18.9 Å². The van der Waals surface area contributed by atoms with Crippen molar-refractivity contribution < 1.29 is 22.7 Å². The summed E-state index contributed by atoms with van der Waals surface area (Å²) in [6.07, 6.45) is -3.89. The summed E-state index contributed by atoms with van der Waals surface area (Å²) in [5.41, 5.74) is -2.90. The number of hydrogen-bond donors (Lipinski definition) is 1. The van der Waals surface area contributed by atoms with Crippen molar-refractivity contribution in [2.45, 2.75) is 24.4 Å². The summed E-state index contributed by atoms with van der Waals surface area (Å²) < 4.78 is 38.4. The van der Waals surface area contributed by atoms with Gasteiger partial charge in [0.1, 0.15) is 18.2 Å². The largest absolute Gasteiger partial charge is 0.406 e. The highest BCUT2D eigenvalue weighted by molar-refractivity contribution is 6.19. The van der Waals surface area contributed by atoms with Crippen molar-refractivity contribution in [3.63, 3.8) is 0 Å². The van der Waals surface area contributed by atoms with Crippen LogP contribution in [0.1, 0.15) is 5.56 Å². The van der Waals surface area contributed by atoms with Crippen LogP contribution >= 0.6 is 11.6 Å². The van der Waals surface area contributed by atoms with Crippen LogP contribution in [0.3, 0.4) is 0 Å². The normalized spacial score (nSPS) is 21.2. The molecule has 2 atom stereocenters. The molecule has 1 aromatic rings. The molecule has 0 saturated carbocycles. The molecule has 1 amide bonds. The zero-order chi connectivity index (χ0) is 18.9. The summed E-state index contributed by atoms with van der Waals surface area (Å²) in [5.74, 6) is -0.701. The number of hydrogen-bond acceptors (Lipinski definition) is 5. The molecule has 0 radical (unpaired) electrons. The first kappa shape index (κ1) is 18.9. The highest BCUT2D eigenvalue weighted by Crippen LogP contribution is 2.20. The number of anilines is 1. The number of pyridine rings is 1. The molecule has 0 aliphatic carbocycles. The van der Waals surface area contributed by atoms with E-state index in [1.165, 1.54) is 18.0 Å². The SMILES string of the molecule is CN1C(C(=O)Nc2cc(C#N)c(=O)n(CC(F)(F)F)c2)C[N+](=O)C1Cl. The third kappa shape index (κ3) is 4.15. The van der Waals surface area contributed by atoms with E-state index < -0.39 is 41.4 Å². The van der Waals surface area contributed by atoms with Gasteiger partial charge in [0.05, 0.1) is 5.69 Å². The highest BCUT2D eigenvalue weighted by atomic mass is 35.5. The molecule has 134 valence electrons. The van der Waals surface area contributed by atoms with Crippen molar-refractivity contribution in [3.05, 3.63) is 33.1 Å². The van der Waals surface area contributed by atoms with Crippen LogP contribution in [0.2, 0.25) is 0 Å². The Morgan fingerprint density at radius 1 is 1.56 bits per heavy atom. The van der Waals surface area contributed by atoms with E-state index in [2.05, 4.69) is 5.32 Å². The molecule has 2 unspecified atom stereocenters. The molecule has 0 spiro atoms. The molecule has 0 bridgehead atoms. The minimum atomic E-state index is -4.68. The second-order valence-corrected chi connectivity index (χ2v) is 5.77. The van der Waals surface area contributed by atoms with Gasteiger partial charge in [-0.2, -0.15) is 18.4 Å². The maximum Gasteiger partial charge on any atom is 0.406 e. The minimum Gasteiger partial charge on any atom is -0.323 e. The van der Waals surface area contributed by atoms with Gasteiger partial charge in [-0.15, -0.1) is 0 Å². The Bertz CT molecular complexity index is 817. The van der Waals surface area contributed by atoms with Crippen LogP contribution in [0.5, 0.6) is 0 Å². The number of carbonyl (C=O) groups excluding carboxylic acids is 1. The van der Waals surface area contributed by atoms with Crippen LogP contribution in [0.15, 0.2) is 17.1 Å². The first-order chi connectivity index (χ1) is 11.5. The Morgan fingerprint density at radius 3 is 2.68 bits per heavy atom. The average Bonchev–Trinajstić information content (AvgIpc) is 2.76. The number of likely N-dealkylation sites (N-methyl/N-ethyl adjacent to an activating group) is 1. The topological polar surface area (TPSA) is 98.2 Å².